The van der Waals surface area contributed by atoms with E-state index < -0.39 is 5.97 Å². The van der Waals surface area contributed by atoms with Crippen LogP contribution in [0.2, 0.25) is 0 Å². The fourth-order valence-corrected chi connectivity index (χ4v) is 1.21. The zero-order valence-corrected chi connectivity index (χ0v) is 8.95. The van der Waals surface area contributed by atoms with Gasteiger partial charge < -0.3 is 10.8 Å². The number of hydrogen-bond donors (Lipinski definition) is 2. The predicted molar refractivity (Wildman–Crippen MR) is 60.1 cm³/mol. The highest BCUT2D eigenvalue weighted by Gasteiger charge is 2.11. The smallest absolute Gasteiger partial charge is 0.337 e. The Balaban J connectivity index is 3.31. The molecule has 5 heteroatoms. The summed E-state index contributed by atoms with van der Waals surface area (Å²) in [4.78, 5) is 14.9. The highest BCUT2D eigenvalue weighted by Crippen LogP contribution is 2.23. The molecule has 1 aromatic carbocycles. The van der Waals surface area contributed by atoms with Crippen LogP contribution in [0.5, 0.6) is 0 Å². The van der Waals surface area contributed by atoms with Gasteiger partial charge in [-0.25, -0.2) is 9.79 Å². The van der Waals surface area contributed by atoms with Gasteiger partial charge in [-0.15, -0.1) is 11.6 Å². The van der Waals surface area contributed by atoms with E-state index in [0.29, 0.717) is 5.69 Å². The predicted octanol–water partition coefficient (Wildman–Crippen LogP) is 1.92. The molecule has 1 aromatic rings. The van der Waals surface area contributed by atoms with Crippen LogP contribution in [-0.2, 0) is 0 Å². The van der Waals surface area contributed by atoms with E-state index in [1.54, 1.807) is 19.1 Å². The fraction of sp³-hybridized carbons (Fsp3) is 0.200. The van der Waals surface area contributed by atoms with Crippen molar-refractivity contribution < 1.29 is 9.90 Å². The molecule has 3 N–H and O–H groups in total. The maximum atomic E-state index is 10.9. The molecule has 0 unspecified atom stereocenters. The van der Waals surface area contributed by atoms with Crippen LogP contribution in [0.25, 0.3) is 0 Å². The lowest BCUT2D eigenvalue weighted by molar-refractivity contribution is 0.0698. The Morgan fingerprint density at radius 1 is 1.60 bits per heavy atom. The third kappa shape index (κ3) is 2.70. The largest absolute Gasteiger partial charge is 0.478 e. The highest BCUT2D eigenvalue weighted by molar-refractivity contribution is 6.28. The van der Waals surface area contributed by atoms with Gasteiger partial charge in [-0.2, -0.15) is 0 Å². The van der Waals surface area contributed by atoms with Crippen molar-refractivity contribution >= 4 is 29.1 Å². The summed E-state index contributed by atoms with van der Waals surface area (Å²) < 4.78 is 0. The third-order valence-electron chi connectivity index (χ3n) is 1.86. The maximum absolute atomic E-state index is 10.9. The van der Waals surface area contributed by atoms with E-state index in [9.17, 15) is 4.79 Å². The van der Waals surface area contributed by atoms with E-state index in [0.717, 1.165) is 5.56 Å². The van der Waals surface area contributed by atoms with Crippen LogP contribution in [0.3, 0.4) is 0 Å². The number of nitrogens with two attached hydrogens (primary N) is 1. The van der Waals surface area contributed by atoms with E-state index in [-0.39, 0.29) is 17.3 Å². The Bertz CT molecular complexity index is 416. The van der Waals surface area contributed by atoms with Gasteiger partial charge in [-0.1, -0.05) is 12.1 Å². The molecule has 0 spiro atoms. The van der Waals surface area contributed by atoms with Crippen molar-refractivity contribution in [1.29, 1.82) is 0 Å². The summed E-state index contributed by atoms with van der Waals surface area (Å²) in [6.07, 6.45) is 0. The van der Waals surface area contributed by atoms with E-state index >= 15 is 0 Å². The van der Waals surface area contributed by atoms with Gasteiger partial charge in [0, 0.05) is 0 Å². The van der Waals surface area contributed by atoms with Crippen molar-refractivity contribution in [3.05, 3.63) is 29.3 Å². The molecule has 0 bridgehead atoms. The number of carbonyl (C=O) groups is 1. The number of hydrogen-bond acceptors (Lipinski definition) is 2. The second kappa shape index (κ2) is 4.79. The van der Waals surface area contributed by atoms with Gasteiger partial charge in [-0.3, -0.25) is 0 Å². The van der Waals surface area contributed by atoms with Crippen LogP contribution in [-0.4, -0.2) is 22.8 Å². The number of aromatic carboxylic acids is 1. The number of benzene rings is 1. The number of nitrogens with zero attached hydrogens (tertiary/aromatic N) is 1. The molecule has 0 fully saturated rings. The molecule has 1 rings (SSSR count). The molecule has 0 atom stereocenters. The number of carboxylic acid groups (broad SMARTS) is 1. The van der Waals surface area contributed by atoms with Crippen LogP contribution < -0.4 is 5.73 Å². The Hall–Kier alpha value is -1.55. The minimum atomic E-state index is -1.03. The number of alkyl halides is 1. The number of carboxylic acids is 1. The standard InChI is InChI=1S/C10H11ClN2O2/c1-6-3-2-4-7(10(14)15)9(6)13-8(12)5-11/h2-4H,5H2,1H3,(H2,12,13)(H,14,15). The monoisotopic (exact) mass is 226 g/mol. The summed E-state index contributed by atoms with van der Waals surface area (Å²) >= 11 is 5.48. The lowest BCUT2D eigenvalue weighted by Crippen LogP contribution is -2.13. The maximum Gasteiger partial charge on any atom is 0.337 e. The van der Waals surface area contributed by atoms with Crippen LogP contribution in [0.4, 0.5) is 5.69 Å². The average molecular weight is 227 g/mol. The van der Waals surface area contributed by atoms with Gasteiger partial charge in [0.15, 0.2) is 0 Å². The van der Waals surface area contributed by atoms with Gasteiger partial charge in [0.1, 0.15) is 5.84 Å². The quantitative estimate of drug-likeness (QED) is 0.470. The van der Waals surface area contributed by atoms with Crippen LogP contribution in [0.15, 0.2) is 23.2 Å². The number of aryl methyl sites for hydroxylation is 1. The van der Waals surface area contributed by atoms with Gasteiger partial charge in [0.2, 0.25) is 0 Å². The molecule has 0 saturated heterocycles. The van der Waals surface area contributed by atoms with Crippen molar-refractivity contribution in [2.45, 2.75) is 6.92 Å². The lowest BCUT2D eigenvalue weighted by Gasteiger charge is -2.05. The highest BCUT2D eigenvalue weighted by atomic mass is 35.5. The Morgan fingerprint density at radius 2 is 2.27 bits per heavy atom. The van der Waals surface area contributed by atoms with Gasteiger partial charge in [0.25, 0.3) is 0 Å². The normalized spacial score (nSPS) is 11.5. The molecular formula is C10H11ClN2O2. The third-order valence-corrected chi connectivity index (χ3v) is 2.13. The number of halogens is 1. The molecule has 0 aliphatic carbocycles. The average Bonchev–Trinajstić information content (AvgIpc) is 2.20. The molecule has 80 valence electrons. The molecule has 15 heavy (non-hydrogen) atoms. The van der Waals surface area contributed by atoms with E-state index in [2.05, 4.69) is 4.99 Å². The zero-order valence-electron chi connectivity index (χ0n) is 8.20. The molecule has 0 amide bonds. The van der Waals surface area contributed by atoms with E-state index in [4.69, 9.17) is 22.4 Å². The van der Waals surface area contributed by atoms with Crippen molar-refractivity contribution in [1.82, 2.24) is 0 Å². The topological polar surface area (TPSA) is 75.7 Å². The second-order valence-corrected chi connectivity index (χ2v) is 3.28. The summed E-state index contributed by atoms with van der Waals surface area (Å²) in [5.41, 5.74) is 6.71. The first-order valence-corrected chi connectivity index (χ1v) is 4.81. The first kappa shape index (κ1) is 11.5. The molecule has 0 saturated carbocycles. The number of amidine groups is 1. The van der Waals surface area contributed by atoms with E-state index in [1.165, 1.54) is 6.07 Å². The molecule has 0 radical (unpaired) electrons. The molecule has 0 heterocycles. The lowest BCUT2D eigenvalue weighted by atomic mass is 10.1. The molecular weight excluding hydrogens is 216 g/mol. The minimum Gasteiger partial charge on any atom is -0.478 e. The first-order valence-electron chi connectivity index (χ1n) is 4.28. The molecule has 0 aliphatic rings. The van der Waals surface area contributed by atoms with Gasteiger partial charge in [0.05, 0.1) is 17.1 Å². The zero-order chi connectivity index (χ0) is 11.4. The van der Waals surface area contributed by atoms with Gasteiger partial charge >= 0.3 is 5.97 Å². The summed E-state index contributed by atoms with van der Waals surface area (Å²) in [5, 5.41) is 8.93. The number of aliphatic imine (C=N–C) groups is 1. The first-order chi connectivity index (χ1) is 7.06. The Kier molecular flexibility index (Phi) is 3.68. The summed E-state index contributed by atoms with van der Waals surface area (Å²) in [6.45, 7) is 1.77. The van der Waals surface area contributed by atoms with Crippen LogP contribution >= 0.6 is 11.6 Å². The second-order valence-electron chi connectivity index (χ2n) is 3.01. The van der Waals surface area contributed by atoms with Crippen molar-refractivity contribution in [3.63, 3.8) is 0 Å². The van der Waals surface area contributed by atoms with Crippen LogP contribution in [0, 0.1) is 6.92 Å². The molecule has 0 aliphatic heterocycles. The van der Waals surface area contributed by atoms with Crippen molar-refractivity contribution in [2.24, 2.45) is 10.7 Å². The van der Waals surface area contributed by atoms with Crippen molar-refractivity contribution in [2.75, 3.05) is 5.88 Å². The SMILES string of the molecule is Cc1cccc(C(=O)O)c1N=C(N)CCl. The fourth-order valence-electron chi connectivity index (χ4n) is 1.15. The van der Waals surface area contributed by atoms with E-state index in [1.807, 2.05) is 0 Å². The minimum absolute atomic E-state index is 0.0768. The summed E-state index contributed by atoms with van der Waals surface area (Å²) in [6, 6.07) is 4.91. The summed E-state index contributed by atoms with van der Waals surface area (Å²) in [5.74, 6) is -0.749. The Morgan fingerprint density at radius 3 is 2.80 bits per heavy atom. The molecule has 4 nitrogen and oxygen atoms in total. The van der Waals surface area contributed by atoms with Crippen molar-refractivity contribution in [3.8, 4) is 0 Å². The number of rotatable bonds is 3. The van der Waals surface area contributed by atoms with Gasteiger partial charge in [-0.05, 0) is 18.6 Å². The summed E-state index contributed by atoms with van der Waals surface area (Å²) in [7, 11) is 0. The molecule has 0 aromatic heterocycles. The van der Waals surface area contributed by atoms with Crippen LogP contribution in [0.1, 0.15) is 15.9 Å². The Labute approximate surface area is 92.4 Å². The number of para-hydroxylation sites is 1.